The van der Waals surface area contributed by atoms with Crippen molar-refractivity contribution in [2.45, 2.75) is 108 Å². The summed E-state index contributed by atoms with van der Waals surface area (Å²) in [6, 6.07) is 0. The number of rotatable bonds is 2. The largest absolute Gasteiger partial charge is 0.483 e. The van der Waals surface area contributed by atoms with Crippen molar-refractivity contribution in [3.8, 4) is 0 Å². The van der Waals surface area contributed by atoms with Gasteiger partial charge in [0, 0.05) is 13.1 Å². The van der Waals surface area contributed by atoms with Gasteiger partial charge in [-0.15, -0.1) is 0 Å². The van der Waals surface area contributed by atoms with Crippen molar-refractivity contribution in [2.75, 3.05) is 19.6 Å². The molecule has 2 atom stereocenters. The van der Waals surface area contributed by atoms with Gasteiger partial charge in [-0.3, -0.25) is 9.59 Å². The van der Waals surface area contributed by atoms with Gasteiger partial charge >= 0.3 is 6.09 Å². The second kappa shape index (κ2) is 22.4. The number of amides is 2. The fourth-order valence-electron chi connectivity index (χ4n) is 3.18. The molecular formula is C25H54N2O5. The van der Waals surface area contributed by atoms with E-state index in [9.17, 15) is 9.59 Å². The zero-order valence-electron chi connectivity index (χ0n) is 21.8. The van der Waals surface area contributed by atoms with Crippen LogP contribution in [-0.2, 0) is 14.3 Å². The molecule has 2 fully saturated rings. The standard InChI is InChI=1S/C15H26N2O3.C4H10.2C2H6.CH2O2.CH4/c1-15(2,3)20-14(19)16-8-13(18)17-9-11-6-4-5-7-12(11)10-17;1-4(2)3;2*1-2;2-1-3;/h11-12H,4-10H2,1-3H3,(H,16,19);4H,1-3H3;2*1-2H3;1H,(H,2,3);1H4. The van der Waals surface area contributed by atoms with Crippen molar-refractivity contribution < 1.29 is 24.2 Å². The lowest BCUT2D eigenvalue weighted by molar-refractivity contribution is -0.129. The minimum Gasteiger partial charge on any atom is -0.483 e. The van der Waals surface area contributed by atoms with E-state index in [0.717, 1.165) is 19.0 Å². The summed E-state index contributed by atoms with van der Waals surface area (Å²) >= 11 is 0. The van der Waals surface area contributed by atoms with Crippen molar-refractivity contribution in [1.29, 1.82) is 0 Å². The molecule has 2 unspecified atom stereocenters. The Balaban J connectivity index is -0.000000279. The topological polar surface area (TPSA) is 95.9 Å². The van der Waals surface area contributed by atoms with Crippen molar-refractivity contribution in [2.24, 2.45) is 17.8 Å². The van der Waals surface area contributed by atoms with Gasteiger partial charge in [0.1, 0.15) is 12.1 Å². The fourth-order valence-corrected chi connectivity index (χ4v) is 3.18. The SMILES string of the molecule is C.CC.CC.CC(C)(C)OC(=O)NCC(=O)N1CC2CCCCC2C1.CC(C)C.O=CO. The smallest absolute Gasteiger partial charge is 0.408 e. The summed E-state index contributed by atoms with van der Waals surface area (Å²) in [5, 5.41) is 9.43. The van der Waals surface area contributed by atoms with E-state index in [4.69, 9.17) is 14.6 Å². The molecule has 0 aromatic carbocycles. The van der Waals surface area contributed by atoms with Crippen LogP contribution in [0.4, 0.5) is 4.79 Å². The third-order valence-corrected chi connectivity index (χ3v) is 4.11. The Labute approximate surface area is 198 Å². The van der Waals surface area contributed by atoms with Crippen molar-refractivity contribution in [3.05, 3.63) is 0 Å². The number of hydrogen-bond acceptors (Lipinski definition) is 4. The quantitative estimate of drug-likeness (QED) is 0.475. The summed E-state index contributed by atoms with van der Waals surface area (Å²) in [6.07, 6.45) is 4.54. The number of ether oxygens (including phenoxy) is 1. The third kappa shape index (κ3) is 21.4. The number of nitrogens with one attached hydrogen (secondary N) is 1. The van der Waals surface area contributed by atoms with Crippen LogP contribution in [0.3, 0.4) is 0 Å². The molecule has 7 nitrogen and oxygen atoms in total. The zero-order valence-corrected chi connectivity index (χ0v) is 21.8. The molecule has 2 amide bonds. The molecule has 0 aromatic heterocycles. The predicted octanol–water partition coefficient (Wildman–Crippen LogP) is 6.21. The van der Waals surface area contributed by atoms with Gasteiger partial charge in [-0.1, -0.05) is 68.7 Å². The van der Waals surface area contributed by atoms with Crippen molar-refractivity contribution in [3.63, 3.8) is 0 Å². The Kier molecular flexibility index (Phi) is 26.3. The molecule has 1 heterocycles. The third-order valence-electron chi connectivity index (χ3n) is 4.11. The molecule has 1 aliphatic heterocycles. The molecular weight excluding hydrogens is 408 g/mol. The van der Waals surface area contributed by atoms with Gasteiger partial charge < -0.3 is 20.1 Å². The fraction of sp³-hybridized carbons (Fsp3) is 0.880. The van der Waals surface area contributed by atoms with Gasteiger partial charge in [-0.05, 0) is 51.4 Å². The predicted molar refractivity (Wildman–Crippen MR) is 135 cm³/mol. The Bertz CT molecular complexity index is 445. The highest BCUT2D eigenvalue weighted by Gasteiger charge is 2.36. The first-order valence-electron chi connectivity index (χ1n) is 11.8. The van der Waals surface area contributed by atoms with E-state index in [-0.39, 0.29) is 26.4 Å². The van der Waals surface area contributed by atoms with Crippen LogP contribution in [0.25, 0.3) is 0 Å². The Morgan fingerprint density at radius 1 is 1.03 bits per heavy atom. The van der Waals surface area contributed by atoms with Crippen LogP contribution >= 0.6 is 0 Å². The molecule has 2 N–H and O–H groups in total. The molecule has 0 radical (unpaired) electrons. The molecule has 7 heteroatoms. The summed E-state index contributed by atoms with van der Waals surface area (Å²) in [7, 11) is 0. The molecule has 1 saturated heterocycles. The van der Waals surface area contributed by atoms with Gasteiger partial charge in [-0.2, -0.15) is 0 Å². The molecule has 194 valence electrons. The monoisotopic (exact) mass is 462 g/mol. The summed E-state index contributed by atoms with van der Waals surface area (Å²) in [5.74, 6) is 2.19. The first kappa shape index (κ1) is 37.5. The maximum absolute atomic E-state index is 12.1. The van der Waals surface area contributed by atoms with E-state index < -0.39 is 11.7 Å². The average molecular weight is 463 g/mol. The second-order valence-electron chi connectivity index (χ2n) is 8.80. The van der Waals surface area contributed by atoms with Gasteiger partial charge in [0.25, 0.3) is 6.47 Å². The molecule has 32 heavy (non-hydrogen) atoms. The van der Waals surface area contributed by atoms with E-state index in [2.05, 4.69) is 26.1 Å². The lowest BCUT2D eigenvalue weighted by Gasteiger charge is -2.22. The van der Waals surface area contributed by atoms with Crippen LogP contribution < -0.4 is 5.32 Å². The number of carbonyl (C=O) groups excluding carboxylic acids is 2. The Morgan fingerprint density at radius 3 is 1.69 bits per heavy atom. The average Bonchev–Trinajstić information content (AvgIpc) is 3.12. The highest BCUT2D eigenvalue weighted by atomic mass is 16.6. The lowest BCUT2D eigenvalue weighted by atomic mass is 9.82. The molecule has 1 saturated carbocycles. The van der Waals surface area contributed by atoms with E-state index in [0.29, 0.717) is 11.8 Å². The van der Waals surface area contributed by atoms with Gasteiger partial charge in [0.15, 0.2) is 0 Å². The minimum atomic E-state index is -0.532. The van der Waals surface area contributed by atoms with Crippen LogP contribution in [0, 0.1) is 17.8 Å². The second-order valence-corrected chi connectivity index (χ2v) is 8.80. The van der Waals surface area contributed by atoms with E-state index in [1.54, 1.807) is 20.8 Å². The number of nitrogens with zero attached hydrogens (tertiary/aromatic N) is 1. The van der Waals surface area contributed by atoms with Crippen LogP contribution in [-0.4, -0.2) is 53.7 Å². The van der Waals surface area contributed by atoms with Crippen molar-refractivity contribution >= 4 is 18.5 Å². The van der Waals surface area contributed by atoms with Gasteiger partial charge in [0.05, 0.1) is 0 Å². The molecule has 0 aromatic rings. The first-order valence-corrected chi connectivity index (χ1v) is 11.8. The number of hydrogen-bond donors (Lipinski definition) is 2. The number of carboxylic acid groups (broad SMARTS) is 1. The van der Waals surface area contributed by atoms with Gasteiger partial charge in [-0.25, -0.2) is 4.79 Å². The maximum Gasteiger partial charge on any atom is 0.408 e. The molecule has 0 spiro atoms. The summed E-state index contributed by atoms with van der Waals surface area (Å²) in [6.45, 7) is 21.4. The van der Waals surface area contributed by atoms with Gasteiger partial charge in [0.2, 0.25) is 5.91 Å². The summed E-state index contributed by atoms with van der Waals surface area (Å²) in [4.78, 5) is 33.9. The highest BCUT2D eigenvalue weighted by molar-refractivity contribution is 5.82. The van der Waals surface area contributed by atoms with E-state index in [1.165, 1.54) is 25.7 Å². The molecule has 2 rings (SSSR count). The zero-order chi connectivity index (χ0) is 25.0. The lowest BCUT2D eigenvalue weighted by Crippen LogP contribution is -2.41. The van der Waals surface area contributed by atoms with Crippen LogP contribution in [0.5, 0.6) is 0 Å². The minimum absolute atomic E-state index is 0. The summed E-state index contributed by atoms with van der Waals surface area (Å²) in [5.41, 5.74) is -0.532. The number of carbonyl (C=O) groups is 3. The number of alkyl carbamates (subject to hydrolysis) is 1. The number of fused-ring (bicyclic) bond motifs is 1. The van der Waals surface area contributed by atoms with Crippen LogP contribution in [0.15, 0.2) is 0 Å². The highest BCUT2D eigenvalue weighted by Crippen LogP contribution is 2.35. The van der Waals surface area contributed by atoms with Crippen LogP contribution in [0.1, 0.15) is 102 Å². The van der Waals surface area contributed by atoms with Crippen molar-refractivity contribution in [1.82, 2.24) is 10.2 Å². The van der Waals surface area contributed by atoms with E-state index >= 15 is 0 Å². The molecule has 0 bridgehead atoms. The molecule has 2 aliphatic rings. The summed E-state index contributed by atoms with van der Waals surface area (Å²) < 4.78 is 5.12. The first-order chi connectivity index (χ1) is 14.5. The van der Waals surface area contributed by atoms with Crippen LogP contribution in [0.2, 0.25) is 0 Å². The Hall–Kier alpha value is -1.79. The van der Waals surface area contributed by atoms with E-state index in [1.807, 2.05) is 32.6 Å². The number of likely N-dealkylation sites (tertiary alicyclic amines) is 1. The molecule has 1 aliphatic carbocycles. The Morgan fingerprint density at radius 2 is 1.38 bits per heavy atom. The normalized spacial score (nSPS) is 18.2. The maximum atomic E-state index is 12.1.